The molecule has 0 atom stereocenters. The molecule has 0 N–H and O–H groups in total. The monoisotopic (exact) mass is 474 g/mol. The first-order valence-electron chi connectivity index (χ1n) is 13.5. The van der Waals surface area contributed by atoms with Gasteiger partial charge in [0.25, 0.3) is 0 Å². The summed E-state index contributed by atoms with van der Waals surface area (Å²) in [5, 5.41) is 2.81. The number of benzene rings is 2. The molecule has 0 nitrogen and oxygen atoms in total. The van der Waals surface area contributed by atoms with Gasteiger partial charge in [0.2, 0.25) is 0 Å². The molecule has 0 heterocycles. The van der Waals surface area contributed by atoms with Gasteiger partial charge in [-0.15, -0.1) is 0 Å². The second-order valence-electron chi connectivity index (χ2n) is 9.74. The predicted octanol–water partition coefficient (Wildman–Crippen LogP) is 9.85. The van der Waals surface area contributed by atoms with Crippen LogP contribution in [0.5, 0.6) is 0 Å². The van der Waals surface area contributed by atoms with Gasteiger partial charge in [-0.3, -0.25) is 0 Å². The van der Waals surface area contributed by atoms with Crippen LogP contribution in [0.1, 0.15) is 104 Å². The minimum atomic E-state index is -2.73. The van der Waals surface area contributed by atoms with E-state index in [1.165, 1.54) is 101 Å². The fourth-order valence-corrected chi connectivity index (χ4v) is 11.5. The maximum atomic E-state index is 8.10. The predicted molar refractivity (Wildman–Crippen MR) is 151 cm³/mol. The van der Waals surface area contributed by atoms with Crippen molar-refractivity contribution in [1.82, 2.24) is 0 Å². The van der Waals surface area contributed by atoms with Crippen molar-refractivity contribution in [3.63, 3.8) is 0 Å². The van der Waals surface area contributed by atoms with Gasteiger partial charge >= 0.3 is 205 Å². The second kappa shape index (κ2) is 15.1. The van der Waals surface area contributed by atoms with Crippen LogP contribution < -0.4 is 10.6 Å². The van der Waals surface area contributed by atoms with Crippen LogP contribution in [0, 0.1) is 0 Å². The zero-order chi connectivity index (χ0) is 23.0. The first kappa shape index (κ1) is 27.4. The minimum absolute atomic E-state index is 1.14. The van der Waals surface area contributed by atoms with Gasteiger partial charge in [-0.25, -0.2) is 0 Å². The van der Waals surface area contributed by atoms with Crippen LogP contribution in [-0.4, -0.2) is 12.3 Å². The third-order valence-electron chi connectivity index (χ3n) is 7.15. The molecule has 0 aliphatic heterocycles. The van der Waals surface area contributed by atoms with Gasteiger partial charge in [0.1, 0.15) is 0 Å². The van der Waals surface area contributed by atoms with Crippen LogP contribution in [0.2, 0.25) is 0 Å². The Morgan fingerprint density at radius 3 is 1.12 bits per heavy atom. The third-order valence-corrected chi connectivity index (χ3v) is 14.8. The Hall–Kier alpha value is -0.840. The number of unbranched alkanes of at least 4 members (excludes halogenated alkanes) is 12. The van der Waals surface area contributed by atoms with E-state index < -0.39 is 5.96 Å². The molecule has 2 rings (SSSR count). The van der Waals surface area contributed by atoms with Crippen molar-refractivity contribution in [3.05, 3.63) is 60.7 Å². The molecule has 0 aliphatic carbocycles. The van der Waals surface area contributed by atoms with Crippen LogP contribution >= 0.6 is 17.2 Å². The van der Waals surface area contributed by atoms with E-state index in [2.05, 4.69) is 74.5 Å². The molecule has 32 heavy (non-hydrogen) atoms. The molecule has 0 radical (unpaired) electrons. The fraction of sp³-hybridized carbons (Fsp3) is 0.600. The van der Waals surface area contributed by atoms with E-state index in [0.717, 1.165) is 12.3 Å². The number of hydrogen-bond acceptors (Lipinski definition) is 0. The molecule has 0 saturated heterocycles. The second-order valence-corrected chi connectivity index (χ2v) is 16.9. The third kappa shape index (κ3) is 8.18. The Morgan fingerprint density at radius 2 is 0.781 bits per heavy atom. The molecular weight excluding hydrogens is 427 g/mol. The van der Waals surface area contributed by atoms with Gasteiger partial charge in [0.05, 0.1) is 0 Å². The van der Waals surface area contributed by atoms with Crippen LogP contribution in [0.3, 0.4) is 0 Å². The van der Waals surface area contributed by atoms with Crippen molar-refractivity contribution in [2.24, 2.45) is 0 Å². The first-order valence-corrected chi connectivity index (χ1v) is 17.0. The molecular formula is C30H48ClP. The van der Waals surface area contributed by atoms with E-state index in [0.29, 0.717) is 0 Å². The molecule has 2 aromatic rings. The number of hydrogen-bond donors (Lipinski definition) is 0. The van der Waals surface area contributed by atoms with Crippen molar-refractivity contribution < 1.29 is 0 Å². The van der Waals surface area contributed by atoms with Crippen LogP contribution in [-0.2, 0) is 0 Å². The summed E-state index contributed by atoms with van der Waals surface area (Å²) < 4.78 is 0. The van der Waals surface area contributed by atoms with E-state index in [9.17, 15) is 0 Å². The van der Waals surface area contributed by atoms with Crippen LogP contribution in [0.4, 0.5) is 0 Å². The van der Waals surface area contributed by atoms with E-state index in [1.807, 2.05) is 0 Å². The molecule has 0 bridgehead atoms. The topological polar surface area (TPSA) is 0 Å². The Bertz CT molecular complexity index is 651. The molecule has 180 valence electrons. The van der Waals surface area contributed by atoms with Crippen molar-refractivity contribution in [1.29, 1.82) is 0 Å². The zero-order valence-corrected chi connectivity index (χ0v) is 22.6. The summed E-state index contributed by atoms with van der Waals surface area (Å²) in [5.41, 5.74) is 0. The summed E-state index contributed by atoms with van der Waals surface area (Å²) in [5.74, 6) is -2.73. The normalized spacial score (nSPS) is 13.0. The summed E-state index contributed by atoms with van der Waals surface area (Å²) in [6.45, 7) is 4.58. The van der Waals surface area contributed by atoms with Gasteiger partial charge in [-0.2, -0.15) is 0 Å². The van der Waals surface area contributed by atoms with Gasteiger partial charge in [0, 0.05) is 0 Å². The van der Waals surface area contributed by atoms with Gasteiger partial charge in [-0.1, -0.05) is 0 Å². The van der Waals surface area contributed by atoms with Crippen molar-refractivity contribution >= 4 is 27.8 Å². The van der Waals surface area contributed by atoms with Crippen molar-refractivity contribution in [2.45, 2.75) is 104 Å². The molecule has 2 heteroatoms. The maximum absolute atomic E-state index is 8.10. The van der Waals surface area contributed by atoms with Crippen LogP contribution in [0.25, 0.3) is 0 Å². The van der Waals surface area contributed by atoms with Crippen LogP contribution in [0.15, 0.2) is 60.7 Å². The molecule has 0 spiro atoms. The standard InChI is InChI=1S/C30H48ClP/c1-3-5-7-9-11-13-21-27-32(31,29-23-17-15-18-24-29,30-25-19-16-20-26-30)28-22-14-12-10-8-6-4-2/h15-20,23-26H,3-14,21-22,27-28H2,1-2H3. The van der Waals surface area contributed by atoms with E-state index in [-0.39, 0.29) is 0 Å². The van der Waals surface area contributed by atoms with Crippen molar-refractivity contribution in [3.8, 4) is 0 Å². The Labute approximate surface area is 204 Å². The Balaban J connectivity index is 2.16. The molecule has 0 fully saturated rings. The Kier molecular flexibility index (Phi) is 13.0. The first-order chi connectivity index (χ1) is 15.6. The summed E-state index contributed by atoms with van der Waals surface area (Å²) in [6.07, 6.45) is 21.0. The van der Waals surface area contributed by atoms with Gasteiger partial charge < -0.3 is 0 Å². The SMILES string of the molecule is CCCCCCCCCP(Cl)(CCCCCCCCC)(c1ccccc1)c1ccccc1. The quantitative estimate of drug-likeness (QED) is 0.149. The summed E-state index contributed by atoms with van der Waals surface area (Å²) in [4.78, 5) is 0. The average molecular weight is 475 g/mol. The average Bonchev–Trinajstić information content (AvgIpc) is 2.84. The zero-order valence-electron chi connectivity index (χ0n) is 20.9. The van der Waals surface area contributed by atoms with E-state index in [1.54, 1.807) is 0 Å². The molecule has 0 saturated carbocycles. The molecule has 2 aromatic carbocycles. The molecule has 0 aromatic heterocycles. The molecule has 0 unspecified atom stereocenters. The number of rotatable bonds is 18. The number of halogens is 1. The van der Waals surface area contributed by atoms with Gasteiger partial charge in [0.15, 0.2) is 0 Å². The van der Waals surface area contributed by atoms with E-state index >= 15 is 0 Å². The fourth-order valence-electron chi connectivity index (χ4n) is 5.11. The molecule has 0 amide bonds. The van der Waals surface area contributed by atoms with E-state index in [4.69, 9.17) is 11.2 Å². The summed E-state index contributed by atoms with van der Waals surface area (Å²) in [6, 6.07) is 22.3. The van der Waals surface area contributed by atoms with Crippen molar-refractivity contribution in [2.75, 3.05) is 12.3 Å². The summed E-state index contributed by atoms with van der Waals surface area (Å²) in [7, 11) is 0. The Morgan fingerprint density at radius 1 is 0.469 bits per heavy atom. The molecule has 0 aliphatic rings. The summed E-state index contributed by atoms with van der Waals surface area (Å²) >= 11 is 8.10. The van der Waals surface area contributed by atoms with Gasteiger partial charge in [-0.05, 0) is 0 Å².